The first kappa shape index (κ1) is 8.78. The fourth-order valence-corrected chi connectivity index (χ4v) is 0.948. The van der Waals surface area contributed by atoms with E-state index in [-0.39, 0.29) is 6.10 Å². The Kier molecular flexibility index (Phi) is 2.86. The zero-order valence-electron chi connectivity index (χ0n) is 7.32. The van der Waals surface area contributed by atoms with Gasteiger partial charge in [0, 0.05) is 5.56 Å². The summed E-state index contributed by atoms with van der Waals surface area (Å²) in [5.41, 5.74) is 0.714. The first-order valence-corrected chi connectivity index (χ1v) is 3.97. The molecule has 1 radical (unpaired) electrons. The first-order valence-electron chi connectivity index (χ1n) is 3.97. The van der Waals surface area contributed by atoms with E-state index in [1.54, 1.807) is 6.07 Å². The molecule has 12 heavy (non-hydrogen) atoms. The number of hydrogen-bond acceptors (Lipinski definition) is 1. The van der Waals surface area contributed by atoms with Crippen LogP contribution in [0.5, 0.6) is 5.75 Å². The van der Waals surface area contributed by atoms with Crippen molar-refractivity contribution in [3.05, 3.63) is 29.8 Å². The zero-order valence-corrected chi connectivity index (χ0v) is 7.32. The summed E-state index contributed by atoms with van der Waals surface area (Å²) in [5, 5.41) is 8.83. The van der Waals surface area contributed by atoms with Crippen LogP contribution in [-0.4, -0.2) is 12.3 Å². The predicted molar refractivity (Wildman–Crippen MR) is 49.5 cm³/mol. The number of benzene rings is 1. The van der Waals surface area contributed by atoms with Gasteiger partial charge in [-0.05, 0) is 26.0 Å². The fraction of sp³-hybridized carbons (Fsp3) is 0.300. The third-order valence-corrected chi connectivity index (χ3v) is 1.42. The summed E-state index contributed by atoms with van der Waals surface area (Å²) in [6, 6.07) is 7.37. The molecule has 0 aliphatic carbocycles. The monoisotopic (exact) mass is 162 g/mol. The van der Waals surface area contributed by atoms with Gasteiger partial charge in [0.25, 0.3) is 0 Å². The SMILES string of the molecule is CC(C)Oc1ccccc1C=[N]. The van der Waals surface area contributed by atoms with Crippen LogP contribution in [0.4, 0.5) is 0 Å². The van der Waals surface area contributed by atoms with Crippen molar-refractivity contribution in [2.24, 2.45) is 0 Å². The molecule has 63 valence electrons. The smallest absolute Gasteiger partial charge is 0.128 e. The highest BCUT2D eigenvalue weighted by atomic mass is 16.5. The minimum Gasteiger partial charge on any atom is -0.490 e. The third-order valence-electron chi connectivity index (χ3n) is 1.42. The van der Waals surface area contributed by atoms with Gasteiger partial charge in [0.1, 0.15) is 5.75 Å². The summed E-state index contributed by atoms with van der Waals surface area (Å²) in [7, 11) is 0. The molecule has 0 saturated carbocycles. The molecule has 1 aromatic rings. The van der Waals surface area contributed by atoms with Gasteiger partial charge in [0.05, 0.1) is 12.3 Å². The highest BCUT2D eigenvalue weighted by Crippen LogP contribution is 2.16. The van der Waals surface area contributed by atoms with Gasteiger partial charge in [-0.1, -0.05) is 12.1 Å². The summed E-state index contributed by atoms with van der Waals surface area (Å²) < 4.78 is 5.44. The largest absolute Gasteiger partial charge is 0.490 e. The molecule has 0 aliphatic rings. The van der Waals surface area contributed by atoms with Crippen LogP contribution in [0.2, 0.25) is 0 Å². The number of ether oxygens (including phenoxy) is 1. The van der Waals surface area contributed by atoms with Gasteiger partial charge in [-0.3, -0.25) is 0 Å². The first-order chi connectivity index (χ1) is 5.74. The molecule has 2 heteroatoms. The van der Waals surface area contributed by atoms with Gasteiger partial charge in [-0.15, -0.1) is 0 Å². The Morgan fingerprint density at radius 3 is 2.58 bits per heavy atom. The minimum absolute atomic E-state index is 0.131. The molecule has 0 fully saturated rings. The van der Waals surface area contributed by atoms with Crippen molar-refractivity contribution in [1.82, 2.24) is 5.41 Å². The molecular formula is C10H12NO. The minimum atomic E-state index is 0.131. The van der Waals surface area contributed by atoms with Crippen LogP contribution >= 0.6 is 0 Å². The Hall–Kier alpha value is -1.31. The van der Waals surface area contributed by atoms with Crippen molar-refractivity contribution < 1.29 is 4.74 Å². The summed E-state index contributed by atoms with van der Waals surface area (Å²) in [4.78, 5) is 0. The number of rotatable bonds is 3. The zero-order chi connectivity index (χ0) is 8.97. The Bertz CT molecular complexity index is 268. The lowest BCUT2D eigenvalue weighted by molar-refractivity contribution is 0.242. The molecule has 2 nitrogen and oxygen atoms in total. The summed E-state index contributed by atoms with van der Waals surface area (Å²) in [6.07, 6.45) is 1.18. The van der Waals surface area contributed by atoms with Crippen molar-refractivity contribution in [3.8, 4) is 5.75 Å². The molecular weight excluding hydrogens is 150 g/mol. The summed E-state index contributed by atoms with van der Waals surface area (Å²) in [6.45, 7) is 3.91. The topological polar surface area (TPSA) is 31.5 Å². The molecule has 0 amide bonds. The van der Waals surface area contributed by atoms with E-state index in [0.717, 1.165) is 12.0 Å². The lowest BCUT2D eigenvalue weighted by atomic mass is 10.2. The quantitative estimate of drug-likeness (QED) is 0.622. The van der Waals surface area contributed by atoms with Crippen molar-refractivity contribution >= 4 is 6.21 Å². The van der Waals surface area contributed by atoms with Gasteiger partial charge in [-0.25, -0.2) is 0 Å². The van der Waals surface area contributed by atoms with Crippen LogP contribution in [0.3, 0.4) is 0 Å². The van der Waals surface area contributed by atoms with Crippen molar-refractivity contribution in [2.45, 2.75) is 20.0 Å². The van der Waals surface area contributed by atoms with Crippen LogP contribution in [0.25, 0.3) is 0 Å². The molecule has 0 atom stereocenters. The van der Waals surface area contributed by atoms with Gasteiger partial charge >= 0.3 is 0 Å². The highest BCUT2D eigenvalue weighted by molar-refractivity contribution is 5.81. The maximum atomic E-state index is 8.83. The van der Waals surface area contributed by atoms with Gasteiger partial charge in [0.2, 0.25) is 0 Å². The second kappa shape index (κ2) is 3.90. The van der Waals surface area contributed by atoms with Crippen LogP contribution < -0.4 is 10.1 Å². The van der Waals surface area contributed by atoms with E-state index in [0.29, 0.717) is 5.56 Å². The molecule has 1 rings (SSSR count). The van der Waals surface area contributed by atoms with Crippen molar-refractivity contribution in [3.63, 3.8) is 0 Å². The van der Waals surface area contributed by atoms with Gasteiger partial charge in [-0.2, -0.15) is 5.41 Å². The second-order valence-electron chi connectivity index (χ2n) is 2.83. The second-order valence-corrected chi connectivity index (χ2v) is 2.83. The molecule has 1 aromatic carbocycles. The van der Waals surface area contributed by atoms with E-state index in [2.05, 4.69) is 0 Å². The Morgan fingerprint density at radius 2 is 2.00 bits per heavy atom. The molecule has 0 spiro atoms. The van der Waals surface area contributed by atoms with E-state index in [4.69, 9.17) is 10.1 Å². The van der Waals surface area contributed by atoms with E-state index >= 15 is 0 Å². The standard InChI is InChI=1S/C10H12NO/c1-8(2)12-10-6-4-3-5-9(10)7-11/h3-8H,1-2H3. The predicted octanol–water partition coefficient (Wildman–Crippen LogP) is 1.69. The maximum absolute atomic E-state index is 8.83. The lowest BCUT2D eigenvalue weighted by Gasteiger charge is -2.10. The van der Waals surface area contributed by atoms with E-state index in [1.165, 1.54) is 0 Å². The molecule has 0 aromatic heterocycles. The molecule has 0 saturated heterocycles. The van der Waals surface area contributed by atoms with E-state index in [9.17, 15) is 0 Å². The Labute approximate surface area is 72.7 Å². The van der Waals surface area contributed by atoms with E-state index < -0.39 is 0 Å². The number of para-hydroxylation sites is 1. The molecule has 0 unspecified atom stereocenters. The fourth-order valence-electron chi connectivity index (χ4n) is 0.948. The summed E-state index contributed by atoms with van der Waals surface area (Å²) >= 11 is 0. The van der Waals surface area contributed by atoms with Crippen LogP contribution in [0.15, 0.2) is 24.3 Å². The third kappa shape index (κ3) is 2.09. The lowest BCUT2D eigenvalue weighted by Crippen LogP contribution is -2.07. The van der Waals surface area contributed by atoms with Crippen LogP contribution in [-0.2, 0) is 0 Å². The summed E-state index contributed by atoms with van der Waals surface area (Å²) in [5.74, 6) is 0.718. The van der Waals surface area contributed by atoms with Crippen molar-refractivity contribution in [1.29, 1.82) is 0 Å². The van der Waals surface area contributed by atoms with Gasteiger partial charge < -0.3 is 4.74 Å². The highest BCUT2D eigenvalue weighted by Gasteiger charge is 2.01. The maximum Gasteiger partial charge on any atom is 0.128 e. The van der Waals surface area contributed by atoms with Crippen LogP contribution in [0, 0.1) is 0 Å². The number of nitrogens with zero attached hydrogens (tertiary/aromatic N) is 1. The Morgan fingerprint density at radius 1 is 1.33 bits per heavy atom. The average Bonchev–Trinajstić information content (AvgIpc) is 2.04. The normalized spacial score (nSPS) is 9.92. The Balaban J connectivity index is 2.89. The van der Waals surface area contributed by atoms with E-state index in [1.807, 2.05) is 32.0 Å². The number of hydrogen-bond donors (Lipinski definition) is 0. The molecule has 0 heterocycles. The molecule has 0 bridgehead atoms. The molecule has 0 N–H and O–H groups in total. The van der Waals surface area contributed by atoms with Gasteiger partial charge in [0.15, 0.2) is 0 Å². The average molecular weight is 162 g/mol. The van der Waals surface area contributed by atoms with Crippen LogP contribution in [0.1, 0.15) is 19.4 Å². The molecule has 0 aliphatic heterocycles. The van der Waals surface area contributed by atoms with Crippen molar-refractivity contribution in [2.75, 3.05) is 0 Å².